The topological polar surface area (TPSA) is 38.9 Å². The molecule has 8 rings (SSSR count). The quantitative estimate of drug-likeness (QED) is 0.162. The average molecular weight is 917 g/mol. The molecule has 1 radical (unpaired) electrons. The van der Waals surface area contributed by atoms with Gasteiger partial charge in [-0.1, -0.05) is 105 Å². The number of furan rings is 1. The maximum Gasteiger partial charge on any atom is 0.121 e. The van der Waals surface area contributed by atoms with Gasteiger partial charge in [0.05, 0.1) is 5.58 Å². The molecule has 55 heavy (non-hydrogen) atoms. The van der Waals surface area contributed by atoms with E-state index in [2.05, 4.69) is 22.1 Å². The zero-order valence-corrected chi connectivity index (χ0v) is 32.5. The Balaban J connectivity index is 0.000000365. The van der Waals surface area contributed by atoms with Gasteiger partial charge >= 0.3 is 0 Å². The van der Waals surface area contributed by atoms with Gasteiger partial charge in [0.25, 0.3) is 0 Å². The third-order valence-corrected chi connectivity index (χ3v) is 8.61. The van der Waals surface area contributed by atoms with Crippen molar-refractivity contribution in [3.05, 3.63) is 167 Å². The first-order chi connectivity index (χ1) is 33.9. The Kier molecular flexibility index (Phi) is 6.29. The fraction of sp³-hybridized carbons (Fsp3) is 0.216. The monoisotopic (exact) mass is 917 g/mol. The second-order valence-corrected chi connectivity index (χ2v) is 13.8. The summed E-state index contributed by atoms with van der Waals surface area (Å²) in [4.78, 5) is 8.50. The van der Waals surface area contributed by atoms with E-state index in [9.17, 15) is 0 Å². The summed E-state index contributed by atoms with van der Waals surface area (Å²) in [5, 5.41) is 1.23. The van der Waals surface area contributed by atoms with E-state index < -0.39 is 52.9 Å². The summed E-state index contributed by atoms with van der Waals surface area (Å²) in [6.45, 7) is -9.85. The fourth-order valence-electron chi connectivity index (χ4n) is 6.11. The number of aryl methyl sites for hydroxylation is 6. The number of hydrogen-bond acceptors (Lipinski definition) is 3. The van der Waals surface area contributed by atoms with E-state index in [1.165, 1.54) is 54.7 Å². The largest absolute Gasteiger partial charge is 0.501 e. The number of benzene rings is 5. The molecule has 0 aliphatic rings. The summed E-state index contributed by atoms with van der Waals surface area (Å²) >= 11 is 0. The summed E-state index contributed by atoms with van der Waals surface area (Å²) in [5.74, 6) is 0. The number of rotatable bonds is 5. The van der Waals surface area contributed by atoms with Gasteiger partial charge in [-0.2, -0.15) is 0 Å². The molecule has 0 aliphatic heterocycles. The third kappa shape index (κ3) is 8.89. The Morgan fingerprint density at radius 1 is 0.636 bits per heavy atom. The van der Waals surface area contributed by atoms with Gasteiger partial charge in [0.2, 0.25) is 0 Å². The number of fused-ring (bicyclic) bond motifs is 3. The molecule has 0 amide bonds. The minimum atomic E-state index is -2.85. The third-order valence-electron chi connectivity index (χ3n) is 8.61. The molecule has 0 N–H and O–H groups in total. The van der Waals surface area contributed by atoms with Gasteiger partial charge in [0.1, 0.15) is 5.58 Å². The number of hydrogen-bond donors (Lipinski definition) is 0. The Morgan fingerprint density at radius 3 is 2.04 bits per heavy atom. The van der Waals surface area contributed by atoms with E-state index in [4.69, 9.17) is 31.8 Å². The van der Waals surface area contributed by atoms with Crippen molar-refractivity contribution in [1.82, 2.24) is 9.97 Å². The van der Waals surface area contributed by atoms with Crippen LogP contribution >= 0.6 is 0 Å². The van der Waals surface area contributed by atoms with Crippen LogP contribution in [0.25, 0.3) is 66.7 Å². The zero-order valence-electron chi connectivity index (χ0n) is 50.1. The second kappa shape index (κ2) is 16.3. The van der Waals surface area contributed by atoms with E-state index >= 15 is 0 Å². The molecule has 0 aliphatic carbocycles. The Morgan fingerprint density at radius 2 is 1.35 bits per heavy atom. The van der Waals surface area contributed by atoms with Crippen LogP contribution in [-0.2, 0) is 26.5 Å². The Bertz CT molecular complexity index is 3280. The van der Waals surface area contributed by atoms with Crippen molar-refractivity contribution in [2.45, 2.75) is 68.3 Å². The molecule has 0 bridgehead atoms. The Hall–Kier alpha value is -5.15. The van der Waals surface area contributed by atoms with Crippen LogP contribution in [0.5, 0.6) is 0 Å². The molecular formula is C51H48IrN2O-2. The molecule has 3 aromatic heterocycles. The molecule has 0 saturated carbocycles. The van der Waals surface area contributed by atoms with Crippen molar-refractivity contribution in [2.24, 2.45) is 5.41 Å². The van der Waals surface area contributed by atoms with Gasteiger partial charge in [-0.05, 0) is 119 Å². The van der Waals surface area contributed by atoms with E-state index in [-0.39, 0.29) is 87.0 Å². The maximum atomic E-state index is 8.65. The van der Waals surface area contributed by atoms with Crippen molar-refractivity contribution in [1.29, 1.82) is 0 Å². The minimum Gasteiger partial charge on any atom is -0.501 e. The van der Waals surface area contributed by atoms with E-state index in [0.29, 0.717) is 38.7 Å². The predicted molar refractivity (Wildman–Crippen MR) is 227 cm³/mol. The first kappa shape index (κ1) is 21.2. The van der Waals surface area contributed by atoms with Crippen LogP contribution in [0.4, 0.5) is 0 Å². The molecule has 279 valence electrons. The van der Waals surface area contributed by atoms with Gasteiger partial charge in [-0.3, -0.25) is 0 Å². The molecule has 0 atom stereocenters. The van der Waals surface area contributed by atoms with Crippen LogP contribution < -0.4 is 0 Å². The molecule has 3 heterocycles. The molecule has 5 aromatic carbocycles. The summed E-state index contributed by atoms with van der Waals surface area (Å²) in [7, 11) is 0. The summed E-state index contributed by atoms with van der Waals surface area (Å²) < 4.78 is 167. The molecule has 4 heteroatoms. The first-order valence-electron chi connectivity index (χ1n) is 27.1. The van der Waals surface area contributed by atoms with Crippen molar-refractivity contribution >= 4 is 21.9 Å². The fourth-order valence-corrected chi connectivity index (χ4v) is 6.11. The van der Waals surface area contributed by atoms with Crippen LogP contribution in [0.3, 0.4) is 0 Å². The number of nitrogens with zero attached hydrogens (tertiary/aromatic N) is 2. The van der Waals surface area contributed by atoms with Gasteiger partial charge in [-0.25, -0.2) is 0 Å². The van der Waals surface area contributed by atoms with Crippen LogP contribution in [0.1, 0.15) is 87.1 Å². The molecule has 3 nitrogen and oxygen atoms in total. The number of pyridine rings is 2. The molecule has 8 aromatic rings. The van der Waals surface area contributed by atoms with Gasteiger partial charge in [0, 0.05) is 65.3 Å². The molecule has 0 saturated heterocycles. The van der Waals surface area contributed by atoms with Crippen LogP contribution in [-0.4, -0.2) is 9.97 Å². The van der Waals surface area contributed by atoms with E-state index in [0.717, 1.165) is 6.20 Å². The van der Waals surface area contributed by atoms with Gasteiger partial charge < -0.3 is 14.4 Å². The average Bonchev–Trinajstić information content (AvgIpc) is 3.68. The normalized spacial score (nSPS) is 18.3. The standard InChI is InChI=1S/C38H36NO.C13H12N.Ir/c1-23-11-16-29-30-9-8-10-31(37(30)40-36(29)17-23)35-20-34(26(4)22-39-35)33-19-24(2)32(18-25(33)3)28-14-12-27(13-15-28)21-38(5,6)7;1-10-3-6-12(7-4-10)13-8-5-11(2)9-14-13;/h8-9,11-20,22H,21H2,1-7H3;3-6,8-9H,1-2H3;/q2*-1;/i1D3,2D3,3D3,4D3,21D2;1D3,2D3;. The minimum absolute atomic E-state index is 0. The van der Waals surface area contributed by atoms with E-state index in [1.807, 2.05) is 0 Å². The van der Waals surface area contributed by atoms with Gasteiger partial charge in [-0.15, -0.1) is 53.6 Å². The second-order valence-electron chi connectivity index (χ2n) is 13.8. The van der Waals surface area contributed by atoms with Crippen LogP contribution in [0.15, 0.2) is 120 Å². The predicted octanol–water partition coefficient (Wildman–Crippen LogP) is 13.8. The zero-order chi connectivity index (χ0) is 54.9. The first-order valence-corrected chi connectivity index (χ1v) is 17.1. The van der Waals surface area contributed by atoms with Crippen LogP contribution in [0.2, 0.25) is 0 Å². The molecule has 0 fully saturated rings. The van der Waals surface area contributed by atoms with Crippen molar-refractivity contribution in [2.75, 3.05) is 0 Å². The number of aromatic nitrogens is 2. The van der Waals surface area contributed by atoms with Gasteiger partial charge in [0.15, 0.2) is 0 Å². The Labute approximate surface area is 368 Å². The van der Waals surface area contributed by atoms with Crippen molar-refractivity contribution < 1.29 is 51.9 Å². The van der Waals surface area contributed by atoms with Crippen molar-refractivity contribution in [3.8, 4) is 44.8 Å². The van der Waals surface area contributed by atoms with E-state index in [1.54, 1.807) is 75.4 Å². The molecule has 0 unspecified atom stereocenters. The smallest absolute Gasteiger partial charge is 0.121 e. The van der Waals surface area contributed by atoms with Crippen molar-refractivity contribution in [3.63, 3.8) is 0 Å². The SMILES string of the molecule is [2H]C([2H])([2H])c1c[c-]c(-c2ccc(C([2H])([2H])[2H])cn2)cc1.[2H]C([2H])([2H])c1ccc2c(c1)oc1c(-c3cc(-c4cc(C([2H])([2H])[2H])c(-c5ccc(C([2H])([2H])C(C)(C)C)cc5)cc4C([2H])([2H])[2H])c(C([2H])([2H])[2H])cn3)[c-]ccc12.[Ir]. The summed E-state index contributed by atoms with van der Waals surface area (Å²) in [6, 6.07) is 31.4. The summed E-state index contributed by atoms with van der Waals surface area (Å²) in [5.41, 5.74) is 1.60. The summed E-state index contributed by atoms with van der Waals surface area (Å²) in [6.07, 6.45) is 0.670. The van der Waals surface area contributed by atoms with Crippen LogP contribution in [0, 0.1) is 58.7 Å². The molecular weight excluding hydrogens is 849 g/mol. The maximum absolute atomic E-state index is 8.65. The molecule has 0 spiro atoms.